The molecule has 1 aliphatic heterocycles. The average molecular weight is 520 g/mol. The maximum atomic E-state index is 12.2. The van der Waals surface area contributed by atoms with Gasteiger partial charge in [-0.1, -0.05) is 6.07 Å². The number of rotatable bonds is 8. The van der Waals surface area contributed by atoms with Gasteiger partial charge in [0.15, 0.2) is 5.96 Å². The zero-order valence-electron chi connectivity index (χ0n) is 15.4. The Bertz CT molecular complexity index is 537. The van der Waals surface area contributed by atoms with E-state index in [1.807, 2.05) is 6.07 Å². The van der Waals surface area contributed by atoms with Crippen LogP contribution in [0.2, 0.25) is 0 Å². The first kappa shape index (κ1) is 24.4. The molecule has 0 aliphatic carbocycles. The number of hydrogen-bond acceptors (Lipinski definition) is 4. The largest absolute Gasteiger partial charge is 0.389 e. The molecule has 1 atom stereocenters. The number of halogens is 4. The summed E-state index contributed by atoms with van der Waals surface area (Å²) in [5, 5.41) is 8.46. The molecule has 10 heteroatoms. The first-order chi connectivity index (χ1) is 12.5. The highest BCUT2D eigenvalue weighted by Gasteiger charge is 2.26. The van der Waals surface area contributed by atoms with Gasteiger partial charge in [-0.15, -0.1) is 35.3 Å². The highest BCUT2D eigenvalue weighted by atomic mass is 127. The Kier molecular flexibility index (Phi) is 11.6. The molecule has 27 heavy (non-hydrogen) atoms. The summed E-state index contributed by atoms with van der Waals surface area (Å²) >= 11 is 1.72. The Labute approximate surface area is 179 Å². The molecule has 0 spiro atoms. The van der Waals surface area contributed by atoms with Gasteiger partial charge in [0, 0.05) is 44.5 Å². The van der Waals surface area contributed by atoms with Gasteiger partial charge in [0.1, 0.15) is 0 Å². The third-order valence-corrected chi connectivity index (χ3v) is 5.20. The molecule has 1 unspecified atom stereocenters. The molecule has 2 rings (SSSR count). The summed E-state index contributed by atoms with van der Waals surface area (Å²) in [4.78, 5) is 7.83. The summed E-state index contributed by atoms with van der Waals surface area (Å²) in [5.41, 5.74) is 0. The number of alkyl halides is 3. The highest BCUT2D eigenvalue weighted by molar-refractivity contribution is 14.0. The van der Waals surface area contributed by atoms with E-state index < -0.39 is 12.6 Å². The van der Waals surface area contributed by atoms with E-state index in [4.69, 9.17) is 4.74 Å². The van der Waals surface area contributed by atoms with Gasteiger partial charge in [0.05, 0.1) is 19.3 Å². The second kappa shape index (κ2) is 12.8. The third kappa shape index (κ3) is 9.44. The van der Waals surface area contributed by atoms with Crippen molar-refractivity contribution in [2.45, 2.75) is 31.5 Å². The second-order valence-electron chi connectivity index (χ2n) is 6.13. The first-order valence-electron chi connectivity index (χ1n) is 8.86. The van der Waals surface area contributed by atoms with Crippen LogP contribution in [-0.2, 0) is 4.74 Å². The lowest BCUT2D eigenvalue weighted by atomic mass is 10.2. The van der Waals surface area contributed by atoms with Gasteiger partial charge < -0.3 is 15.4 Å². The molecule has 0 radical (unpaired) electrons. The molecule has 1 fully saturated rings. The lowest BCUT2D eigenvalue weighted by Crippen LogP contribution is -2.46. The van der Waals surface area contributed by atoms with Crippen LogP contribution in [0.1, 0.15) is 30.2 Å². The Hall–Kier alpha value is -0.590. The summed E-state index contributed by atoms with van der Waals surface area (Å²) in [6.07, 6.45) is -4.23. The summed E-state index contributed by atoms with van der Waals surface area (Å²) in [7, 11) is 1.67. The first-order valence-corrected chi connectivity index (χ1v) is 9.74. The van der Waals surface area contributed by atoms with E-state index in [2.05, 4.69) is 32.0 Å². The predicted octanol–water partition coefficient (Wildman–Crippen LogP) is 3.64. The van der Waals surface area contributed by atoms with Crippen molar-refractivity contribution in [3.8, 4) is 0 Å². The van der Waals surface area contributed by atoms with Crippen LogP contribution < -0.4 is 10.6 Å². The van der Waals surface area contributed by atoms with Crippen molar-refractivity contribution >= 4 is 41.3 Å². The van der Waals surface area contributed by atoms with E-state index >= 15 is 0 Å². The summed E-state index contributed by atoms with van der Waals surface area (Å²) in [6.45, 7) is 4.38. The topological polar surface area (TPSA) is 48.9 Å². The van der Waals surface area contributed by atoms with Crippen LogP contribution in [0.5, 0.6) is 0 Å². The van der Waals surface area contributed by atoms with Crippen molar-refractivity contribution in [1.29, 1.82) is 0 Å². The number of ether oxygens (including phenoxy) is 1. The molecule has 156 valence electrons. The van der Waals surface area contributed by atoms with Crippen molar-refractivity contribution in [3.63, 3.8) is 0 Å². The van der Waals surface area contributed by atoms with Gasteiger partial charge in [0.25, 0.3) is 0 Å². The van der Waals surface area contributed by atoms with Crippen LogP contribution in [-0.4, -0.2) is 63.5 Å². The Balaban J connectivity index is 0.00000364. The SMILES string of the molecule is CN=C(NCCCCC(F)(F)F)NCC(c1cccs1)N1CCOCC1.I. The highest BCUT2D eigenvalue weighted by Crippen LogP contribution is 2.25. The van der Waals surface area contributed by atoms with Crippen molar-refractivity contribution < 1.29 is 17.9 Å². The van der Waals surface area contributed by atoms with E-state index in [0.717, 1.165) is 26.3 Å². The van der Waals surface area contributed by atoms with Crippen LogP contribution in [0.4, 0.5) is 13.2 Å². The molecule has 5 nitrogen and oxygen atoms in total. The van der Waals surface area contributed by atoms with Gasteiger partial charge >= 0.3 is 6.18 Å². The minimum Gasteiger partial charge on any atom is -0.379 e. The summed E-state index contributed by atoms with van der Waals surface area (Å²) in [5.74, 6) is 0.617. The van der Waals surface area contributed by atoms with Gasteiger partial charge in [0.2, 0.25) is 0 Å². The van der Waals surface area contributed by atoms with Crippen LogP contribution in [0.3, 0.4) is 0 Å². The molecule has 2 heterocycles. The normalized spacial score (nSPS) is 17.3. The molecule has 1 aliphatic rings. The quantitative estimate of drug-likeness (QED) is 0.238. The van der Waals surface area contributed by atoms with E-state index in [-0.39, 0.29) is 36.4 Å². The standard InChI is InChI=1S/C17H27F3N4OS.HI/c1-21-16(22-7-3-2-6-17(18,19)20)23-13-14(15-5-4-12-26-15)24-8-10-25-11-9-24;/h4-5,12,14H,2-3,6-11,13H2,1H3,(H2,21,22,23);1H. The molecule has 1 aromatic rings. The van der Waals surface area contributed by atoms with Crippen molar-refractivity contribution in [3.05, 3.63) is 22.4 Å². The zero-order valence-corrected chi connectivity index (χ0v) is 18.6. The van der Waals surface area contributed by atoms with Crippen molar-refractivity contribution in [1.82, 2.24) is 15.5 Å². The monoisotopic (exact) mass is 520 g/mol. The molecule has 0 bridgehead atoms. The number of thiophene rings is 1. The number of guanidine groups is 1. The van der Waals surface area contributed by atoms with Crippen LogP contribution >= 0.6 is 35.3 Å². The fraction of sp³-hybridized carbons (Fsp3) is 0.706. The van der Waals surface area contributed by atoms with E-state index in [0.29, 0.717) is 25.5 Å². The minimum absolute atomic E-state index is 0. The maximum Gasteiger partial charge on any atom is 0.389 e. The molecular formula is C17H28F3IN4OS. The van der Waals surface area contributed by atoms with E-state index in [1.165, 1.54) is 4.88 Å². The fourth-order valence-corrected chi connectivity index (χ4v) is 3.71. The number of morpholine rings is 1. The minimum atomic E-state index is -4.08. The maximum absolute atomic E-state index is 12.2. The van der Waals surface area contributed by atoms with Gasteiger partial charge in [-0.3, -0.25) is 9.89 Å². The fourth-order valence-electron chi connectivity index (χ4n) is 2.85. The summed E-state index contributed by atoms with van der Waals surface area (Å²) in [6, 6.07) is 4.39. The molecule has 2 N–H and O–H groups in total. The second-order valence-corrected chi connectivity index (χ2v) is 7.11. The number of hydrogen-bond donors (Lipinski definition) is 2. The van der Waals surface area contributed by atoms with Crippen LogP contribution in [0, 0.1) is 0 Å². The Morgan fingerprint density at radius 2 is 2.04 bits per heavy atom. The van der Waals surface area contributed by atoms with Crippen molar-refractivity contribution in [2.24, 2.45) is 4.99 Å². The smallest absolute Gasteiger partial charge is 0.379 e. The Morgan fingerprint density at radius 3 is 2.63 bits per heavy atom. The van der Waals surface area contributed by atoms with Gasteiger partial charge in [-0.25, -0.2) is 0 Å². The number of aliphatic imine (C=N–C) groups is 1. The molecular weight excluding hydrogens is 492 g/mol. The van der Waals surface area contributed by atoms with Gasteiger partial charge in [-0.05, 0) is 24.3 Å². The van der Waals surface area contributed by atoms with Crippen molar-refractivity contribution in [2.75, 3.05) is 46.4 Å². The predicted molar refractivity (Wildman–Crippen MR) is 114 cm³/mol. The number of unbranched alkanes of at least 4 members (excludes halogenated alkanes) is 1. The molecule has 0 amide bonds. The molecule has 1 saturated heterocycles. The zero-order chi connectivity index (χ0) is 18.8. The van der Waals surface area contributed by atoms with Gasteiger partial charge in [-0.2, -0.15) is 13.2 Å². The van der Waals surface area contributed by atoms with Crippen LogP contribution in [0.15, 0.2) is 22.5 Å². The average Bonchev–Trinajstić information content (AvgIpc) is 3.14. The Morgan fingerprint density at radius 1 is 1.30 bits per heavy atom. The number of nitrogens with one attached hydrogen (secondary N) is 2. The molecule has 1 aromatic heterocycles. The molecule has 0 saturated carbocycles. The lowest BCUT2D eigenvalue weighted by molar-refractivity contribution is -0.135. The van der Waals surface area contributed by atoms with Crippen LogP contribution in [0.25, 0.3) is 0 Å². The van der Waals surface area contributed by atoms with E-state index in [1.54, 1.807) is 18.4 Å². The lowest BCUT2D eigenvalue weighted by Gasteiger charge is -2.34. The summed E-state index contributed by atoms with van der Waals surface area (Å²) < 4.78 is 41.9. The third-order valence-electron chi connectivity index (χ3n) is 4.22. The number of nitrogens with zero attached hydrogens (tertiary/aromatic N) is 2. The van der Waals surface area contributed by atoms with E-state index in [9.17, 15) is 13.2 Å². The molecule has 0 aromatic carbocycles.